The highest BCUT2D eigenvalue weighted by Gasteiger charge is 2.09. The van der Waals surface area contributed by atoms with Crippen LogP contribution in [0.3, 0.4) is 0 Å². The lowest BCUT2D eigenvalue weighted by Crippen LogP contribution is -2.26. The molecule has 0 atom stereocenters. The molecule has 0 saturated carbocycles. The maximum atomic E-state index is 10.2. The molecule has 12 heavy (non-hydrogen) atoms. The Labute approximate surface area is 69.5 Å². The van der Waals surface area contributed by atoms with Gasteiger partial charge in [0.2, 0.25) is 6.33 Å². The smallest absolute Gasteiger partial charge is 0.245 e. The lowest BCUT2D eigenvalue weighted by Gasteiger charge is -1.98. The predicted molar refractivity (Wildman–Crippen MR) is 36.5 cm³/mol. The number of aliphatic carboxylic acids is 1. The van der Waals surface area contributed by atoms with Crippen LogP contribution in [0.4, 0.5) is 0 Å². The second kappa shape index (κ2) is 3.36. The summed E-state index contributed by atoms with van der Waals surface area (Å²) < 4.78 is 3.12. The molecule has 0 unspecified atom stereocenters. The molecular weight excluding hydrogens is 160 g/mol. The highest BCUT2D eigenvalue weighted by molar-refractivity contribution is 5.67. The largest absolute Gasteiger partial charge is 0.550 e. The Hall–Kier alpha value is -1.36. The van der Waals surface area contributed by atoms with E-state index in [9.17, 15) is 9.90 Å². The molecule has 0 aliphatic rings. The molecule has 1 rings (SSSR count). The number of aromatic nitrogens is 2. The maximum Gasteiger partial charge on any atom is 0.245 e. The van der Waals surface area contributed by atoms with Crippen molar-refractivity contribution in [3.8, 4) is 0 Å². The number of hydrogen-bond donors (Lipinski definition) is 1. The van der Waals surface area contributed by atoms with Gasteiger partial charge in [-0.25, -0.2) is 9.13 Å². The maximum absolute atomic E-state index is 10.2. The summed E-state index contributed by atoms with van der Waals surface area (Å²) in [4.78, 5) is 10.2. The predicted octanol–water partition coefficient (Wildman–Crippen LogP) is -2.45. The van der Waals surface area contributed by atoms with Gasteiger partial charge in [0, 0.05) is 5.97 Å². The summed E-state index contributed by atoms with van der Waals surface area (Å²) in [6.45, 7) is -0.219. The monoisotopic (exact) mass is 170 g/mol. The van der Waals surface area contributed by atoms with E-state index in [1.165, 1.54) is 4.57 Å². The lowest BCUT2D eigenvalue weighted by atomic mass is 10.3. The minimum atomic E-state index is -1.15. The molecule has 0 fully saturated rings. The number of aliphatic hydroxyl groups excluding tert-OH is 1. The fraction of sp³-hybridized carbons (Fsp3) is 0.429. The molecular formula is C7H10N2O3. The van der Waals surface area contributed by atoms with Gasteiger partial charge in [-0.3, -0.25) is 0 Å². The number of carboxylic acid groups (broad SMARTS) is 1. The molecule has 0 amide bonds. The molecule has 0 aliphatic carbocycles. The minimum Gasteiger partial charge on any atom is -0.550 e. The van der Waals surface area contributed by atoms with E-state index in [1.807, 2.05) is 0 Å². The number of carbonyl (C=O) groups is 1. The first-order valence-electron chi connectivity index (χ1n) is 3.48. The van der Waals surface area contributed by atoms with Gasteiger partial charge in [-0.15, -0.1) is 0 Å². The van der Waals surface area contributed by atoms with Crippen molar-refractivity contribution in [2.45, 2.75) is 13.2 Å². The van der Waals surface area contributed by atoms with E-state index in [0.29, 0.717) is 5.69 Å². The van der Waals surface area contributed by atoms with Crippen molar-refractivity contribution in [2.75, 3.05) is 0 Å². The molecule has 1 aromatic rings. The summed E-state index contributed by atoms with van der Waals surface area (Å²) in [5, 5.41) is 19.0. The first-order chi connectivity index (χ1) is 5.63. The van der Waals surface area contributed by atoms with E-state index in [-0.39, 0.29) is 13.2 Å². The zero-order valence-electron chi connectivity index (χ0n) is 6.73. The van der Waals surface area contributed by atoms with Gasteiger partial charge in [0.05, 0.1) is 13.5 Å². The van der Waals surface area contributed by atoms with Crippen molar-refractivity contribution in [3.05, 3.63) is 18.2 Å². The van der Waals surface area contributed by atoms with Crippen molar-refractivity contribution >= 4 is 5.97 Å². The van der Waals surface area contributed by atoms with Gasteiger partial charge in [0.15, 0.2) is 12.4 Å². The van der Waals surface area contributed by atoms with Crippen LogP contribution in [0.5, 0.6) is 0 Å². The van der Waals surface area contributed by atoms with Gasteiger partial charge < -0.3 is 15.0 Å². The zero-order chi connectivity index (χ0) is 9.14. The van der Waals surface area contributed by atoms with Crippen LogP contribution in [0.25, 0.3) is 0 Å². The average Bonchev–Trinajstić information content (AvgIpc) is 2.29. The Morgan fingerprint density at radius 1 is 1.83 bits per heavy atom. The van der Waals surface area contributed by atoms with Crippen LogP contribution < -0.4 is 9.67 Å². The third kappa shape index (κ3) is 1.82. The van der Waals surface area contributed by atoms with E-state index in [0.717, 1.165) is 0 Å². The molecule has 1 N–H and O–H groups in total. The van der Waals surface area contributed by atoms with Gasteiger partial charge in [-0.1, -0.05) is 0 Å². The zero-order valence-corrected chi connectivity index (χ0v) is 6.73. The third-order valence-corrected chi connectivity index (χ3v) is 1.52. The van der Waals surface area contributed by atoms with Crippen LogP contribution >= 0.6 is 0 Å². The first kappa shape index (κ1) is 8.73. The lowest BCUT2D eigenvalue weighted by molar-refractivity contribution is -0.671. The second-order valence-corrected chi connectivity index (χ2v) is 2.56. The molecule has 5 heteroatoms. The highest BCUT2D eigenvalue weighted by atomic mass is 16.4. The topological polar surface area (TPSA) is 69.2 Å². The molecule has 1 aromatic heterocycles. The Bertz CT molecular complexity index is 293. The second-order valence-electron chi connectivity index (χ2n) is 2.56. The van der Waals surface area contributed by atoms with E-state index in [2.05, 4.69) is 0 Å². The van der Waals surface area contributed by atoms with Gasteiger partial charge in [0.25, 0.3) is 0 Å². The number of rotatable bonds is 3. The summed E-state index contributed by atoms with van der Waals surface area (Å²) in [6.07, 6.45) is 3.06. The average molecular weight is 170 g/mol. The van der Waals surface area contributed by atoms with Crippen LogP contribution in [-0.4, -0.2) is 15.6 Å². The van der Waals surface area contributed by atoms with Crippen LogP contribution in [0.1, 0.15) is 5.69 Å². The van der Waals surface area contributed by atoms with Crippen molar-refractivity contribution in [1.29, 1.82) is 0 Å². The molecule has 0 radical (unpaired) electrons. The molecule has 0 spiro atoms. The molecule has 0 aromatic carbocycles. The molecule has 5 nitrogen and oxygen atoms in total. The number of carbonyl (C=O) groups excluding carboxylic acids is 1. The quantitative estimate of drug-likeness (QED) is 0.512. The van der Waals surface area contributed by atoms with Crippen molar-refractivity contribution < 1.29 is 19.6 Å². The fourth-order valence-electron chi connectivity index (χ4n) is 1.06. The third-order valence-electron chi connectivity index (χ3n) is 1.52. The van der Waals surface area contributed by atoms with Crippen molar-refractivity contribution in [3.63, 3.8) is 0 Å². The number of aliphatic hydroxyl groups is 1. The number of carboxylic acids is 1. The van der Waals surface area contributed by atoms with E-state index in [4.69, 9.17) is 5.11 Å². The SMILES string of the molecule is C[n+]1cc(CC(=O)[O-])n(CO)c1. The summed E-state index contributed by atoms with van der Waals surface area (Å²) >= 11 is 0. The van der Waals surface area contributed by atoms with Crippen molar-refractivity contribution in [1.82, 2.24) is 4.57 Å². The minimum absolute atomic E-state index is 0.179. The van der Waals surface area contributed by atoms with Crippen molar-refractivity contribution in [2.24, 2.45) is 7.05 Å². The normalized spacial score (nSPS) is 10.2. The van der Waals surface area contributed by atoms with Gasteiger partial charge in [-0.2, -0.15) is 0 Å². The fourth-order valence-corrected chi connectivity index (χ4v) is 1.06. The van der Waals surface area contributed by atoms with Gasteiger partial charge in [-0.05, 0) is 0 Å². The molecule has 0 bridgehead atoms. The van der Waals surface area contributed by atoms with Crippen LogP contribution in [0, 0.1) is 0 Å². The number of aryl methyl sites for hydroxylation is 1. The Morgan fingerprint density at radius 3 is 3.00 bits per heavy atom. The summed E-state index contributed by atoms with van der Waals surface area (Å²) in [6, 6.07) is 0. The summed E-state index contributed by atoms with van der Waals surface area (Å²) in [7, 11) is 1.75. The van der Waals surface area contributed by atoms with Crippen LogP contribution in [-0.2, 0) is 25.0 Å². The Morgan fingerprint density at radius 2 is 2.50 bits per heavy atom. The van der Waals surface area contributed by atoms with E-state index >= 15 is 0 Å². The van der Waals surface area contributed by atoms with Crippen LogP contribution in [0.2, 0.25) is 0 Å². The van der Waals surface area contributed by atoms with E-state index < -0.39 is 5.97 Å². The molecule has 0 aliphatic heterocycles. The number of imidazole rings is 1. The van der Waals surface area contributed by atoms with Gasteiger partial charge >= 0.3 is 0 Å². The number of nitrogens with zero attached hydrogens (tertiary/aromatic N) is 2. The first-order valence-corrected chi connectivity index (χ1v) is 3.48. The molecule has 66 valence electrons. The Kier molecular flexibility index (Phi) is 2.44. The van der Waals surface area contributed by atoms with Crippen LogP contribution in [0.15, 0.2) is 12.5 Å². The summed E-state index contributed by atoms with van der Waals surface area (Å²) in [5.41, 5.74) is 0.528. The Balaban J connectivity index is 2.89. The summed E-state index contributed by atoms with van der Waals surface area (Å²) in [5.74, 6) is -1.15. The number of hydrogen-bond acceptors (Lipinski definition) is 3. The molecule has 0 saturated heterocycles. The molecule has 1 heterocycles. The highest BCUT2D eigenvalue weighted by Crippen LogP contribution is 1.96. The van der Waals surface area contributed by atoms with Gasteiger partial charge in [0.1, 0.15) is 6.20 Å². The van der Waals surface area contributed by atoms with E-state index in [1.54, 1.807) is 24.1 Å². The standard InChI is InChI=1S/C7H10N2O3/c1-8-3-6(2-7(11)12)9(4-8)5-10/h3-4,10H,2,5H2,1H3.